The minimum atomic E-state index is -0.243. The van der Waals surface area contributed by atoms with Crippen molar-refractivity contribution >= 4 is 11.9 Å². The van der Waals surface area contributed by atoms with E-state index < -0.39 is 0 Å². The van der Waals surface area contributed by atoms with Crippen LogP contribution in [0.3, 0.4) is 0 Å². The predicted octanol–water partition coefficient (Wildman–Crippen LogP) is 2.60. The average molecular weight is 319 g/mol. The molecule has 5 nitrogen and oxygen atoms in total. The number of carbonyl (C=O) groups is 2. The smallest absolute Gasteiger partial charge is 0.310 e. The molecule has 1 atom stereocenters. The van der Waals surface area contributed by atoms with Crippen LogP contribution in [0.15, 0.2) is 24.3 Å². The van der Waals surface area contributed by atoms with E-state index in [1.54, 1.807) is 4.90 Å². The van der Waals surface area contributed by atoms with Gasteiger partial charge in [0.05, 0.1) is 13.0 Å². The Morgan fingerprint density at radius 3 is 2.83 bits per heavy atom. The highest BCUT2D eigenvalue weighted by Crippen LogP contribution is 2.21. The Morgan fingerprint density at radius 2 is 2.13 bits per heavy atom. The second-order valence-electron chi connectivity index (χ2n) is 6.22. The van der Waals surface area contributed by atoms with E-state index in [0.29, 0.717) is 24.8 Å². The molecule has 2 rings (SSSR count). The van der Waals surface area contributed by atoms with Gasteiger partial charge in [-0.25, -0.2) is 0 Å². The molecular formula is C18H25NO4. The molecule has 1 amide bonds. The number of hydrogen-bond acceptors (Lipinski definition) is 4. The van der Waals surface area contributed by atoms with Gasteiger partial charge in [0.15, 0.2) is 6.61 Å². The van der Waals surface area contributed by atoms with Crippen molar-refractivity contribution in [3.8, 4) is 5.75 Å². The van der Waals surface area contributed by atoms with E-state index in [1.165, 1.54) is 12.7 Å². The maximum Gasteiger partial charge on any atom is 0.310 e. The van der Waals surface area contributed by atoms with Crippen LogP contribution in [-0.2, 0) is 14.3 Å². The molecule has 1 fully saturated rings. The second kappa shape index (κ2) is 7.99. The Labute approximate surface area is 137 Å². The van der Waals surface area contributed by atoms with E-state index in [4.69, 9.17) is 9.47 Å². The number of esters is 1. The highest BCUT2D eigenvalue weighted by molar-refractivity contribution is 5.79. The minimum Gasteiger partial charge on any atom is -0.484 e. The first kappa shape index (κ1) is 17.3. The highest BCUT2D eigenvalue weighted by atomic mass is 16.5. The van der Waals surface area contributed by atoms with Gasteiger partial charge in [0.1, 0.15) is 5.75 Å². The van der Waals surface area contributed by atoms with Crippen LogP contribution >= 0.6 is 0 Å². The molecule has 0 bridgehead atoms. The monoisotopic (exact) mass is 319 g/mol. The number of ether oxygens (including phenoxy) is 2. The molecule has 0 aromatic heterocycles. The van der Waals surface area contributed by atoms with Crippen molar-refractivity contribution in [2.45, 2.75) is 32.6 Å². The summed E-state index contributed by atoms with van der Waals surface area (Å²) in [6.07, 6.45) is 1.59. The van der Waals surface area contributed by atoms with Gasteiger partial charge in [0.2, 0.25) is 0 Å². The molecule has 1 aromatic rings. The van der Waals surface area contributed by atoms with Crippen LogP contribution in [0.25, 0.3) is 0 Å². The SMILES string of the molecule is COC(=O)C1CCCN(C(=O)COc2cccc(C(C)C)c2)C1. The number of benzene rings is 1. The molecule has 1 aliphatic rings. The molecule has 1 aromatic carbocycles. The zero-order valence-corrected chi connectivity index (χ0v) is 14.1. The number of carbonyl (C=O) groups excluding carboxylic acids is 2. The molecule has 0 radical (unpaired) electrons. The molecule has 0 aliphatic carbocycles. The zero-order valence-electron chi connectivity index (χ0n) is 14.1. The predicted molar refractivity (Wildman–Crippen MR) is 87.3 cm³/mol. The number of amides is 1. The van der Waals surface area contributed by atoms with Gasteiger partial charge in [-0.1, -0.05) is 26.0 Å². The quantitative estimate of drug-likeness (QED) is 0.783. The summed E-state index contributed by atoms with van der Waals surface area (Å²) in [5.74, 6) is 0.562. The summed E-state index contributed by atoms with van der Waals surface area (Å²) >= 11 is 0. The largest absolute Gasteiger partial charge is 0.484 e. The molecule has 5 heteroatoms. The number of rotatable bonds is 5. The molecule has 1 unspecified atom stereocenters. The summed E-state index contributed by atoms with van der Waals surface area (Å²) in [5.41, 5.74) is 1.18. The number of nitrogens with zero attached hydrogens (tertiary/aromatic N) is 1. The summed E-state index contributed by atoms with van der Waals surface area (Å²) in [7, 11) is 1.38. The number of piperidine rings is 1. The van der Waals surface area contributed by atoms with Crippen molar-refractivity contribution < 1.29 is 19.1 Å². The van der Waals surface area contributed by atoms with Crippen molar-refractivity contribution in [1.82, 2.24) is 4.90 Å². The lowest BCUT2D eigenvalue weighted by molar-refractivity contribution is -0.149. The van der Waals surface area contributed by atoms with E-state index in [-0.39, 0.29) is 24.4 Å². The van der Waals surface area contributed by atoms with Crippen molar-refractivity contribution in [3.63, 3.8) is 0 Å². The van der Waals surface area contributed by atoms with E-state index in [9.17, 15) is 9.59 Å². The maximum atomic E-state index is 12.3. The Hall–Kier alpha value is -2.04. The second-order valence-corrected chi connectivity index (χ2v) is 6.22. The molecule has 23 heavy (non-hydrogen) atoms. The Balaban J connectivity index is 1.89. The molecule has 1 aliphatic heterocycles. The lowest BCUT2D eigenvalue weighted by atomic mass is 9.98. The lowest BCUT2D eigenvalue weighted by Gasteiger charge is -2.31. The van der Waals surface area contributed by atoms with E-state index in [0.717, 1.165) is 12.8 Å². The van der Waals surface area contributed by atoms with Crippen LogP contribution in [0.2, 0.25) is 0 Å². The van der Waals surface area contributed by atoms with Crippen LogP contribution in [0, 0.1) is 5.92 Å². The Kier molecular flexibility index (Phi) is 6.02. The van der Waals surface area contributed by atoms with Gasteiger partial charge in [-0.3, -0.25) is 9.59 Å². The van der Waals surface area contributed by atoms with Crippen molar-refractivity contribution in [1.29, 1.82) is 0 Å². The summed E-state index contributed by atoms with van der Waals surface area (Å²) < 4.78 is 10.4. The fraction of sp³-hybridized carbons (Fsp3) is 0.556. The van der Waals surface area contributed by atoms with E-state index in [2.05, 4.69) is 13.8 Å². The van der Waals surface area contributed by atoms with Crippen molar-refractivity contribution in [2.75, 3.05) is 26.8 Å². The lowest BCUT2D eigenvalue weighted by Crippen LogP contribution is -2.44. The molecule has 0 saturated carbocycles. The van der Waals surface area contributed by atoms with Gasteiger partial charge in [0, 0.05) is 13.1 Å². The van der Waals surface area contributed by atoms with E-state index in [1.807, 2.05) is 24.3 Å². The molecular weight excluding hydrogens is 294 g/mol. The van der Waals surface area contributed by atoms with Gasteiger partial charge in [-0.15, -0.1) is 0 Å². The van der Waals surface area contributed by atoms with Crippen LogP contribution in [-0.4, -0.2) is 43.6 Å². The summed E-state index contributed by atoms with van der Waals surface area (Å²) in [4.78, 5) is 25.6. The fourth-order valence-electron chi connectivity index (χ4n) is 2.76. The molecule has 0 N–H and O–H groups in total. The standard InChI is InChI=1S/C18H25NO4/c1-13(2)14-6-4-8-16(10-14)23-12-17(20)19-9-5-7-15(11-19)18(21)22-3/h4,6,8,10,13,15H,5,7,9,11-12H2,1-3H3. The average Bonchev–Trinajstić information content (AvgIpc) is 2.59. The fourth-order valence-corrected chi connectivity index (χ4v) is 2.76. The third kappa shape index (κ3) is 4.71. The Bertz CT molecular complexity index is 556. The van der Waals surface area contributed by atoms with Crippen LogP contribution in [0.1, 0.15) is 38.2 Å². The maximum absolute atomic E-state index is 12.3. The minimum absolute atomic E-state index is 0.00452. The molecule has 1 heterocycles. The van der Waals surface area contributed by atoms with Gasteiger partial charge < -0.3 is 14.4 Å². The Morgan fingerprint density at radius 1 is 1.35 bits per heavy atom. The molecule has 1 saturated heterocycles. The van der Waals surface area contributed by atoms with Gasteiger partial charge in [-0.05, 0) is 36.5 Å². The number of methoxy groups -OCH3 is 1. The first-order valence-electron chi connectivity index (χ1n) is 8.09. The zero-order chi connectivity index (χ0) is 16.8. The van der Waals surface area contributed by atoms with E-state index >= 15 is 0 Å². The number of likely N-dealkylation sites (tertiary alicyclic amines) is 1. The topological polar surface area (TPSA) is 55.8 Å². The molecule has 126 valence electrons. The highest BCUT2D eigenvalue weighted by Gasteiger charge is 2.29. The summed E-state index contributed by atoms with van der Waals surface area (Å²) in [5, 5.41) is 0. The van der Waals surface area contributed by atoms with Crippen LogP contribution in [0.5, 0.6) is 5.75 Å². The third-order valence-electron chi connectivity index (χ3n) is 4.20. The first-order valence-corrected chi connectivity index (χ1v) is 8.09. The third-order valence-corrected chi connectivity index (χ3v) is 4.20. The normalized spacial score (nSPS) is 17.9. The van der Waals surface area contributed by atoms with Crippen LogP contribution in [0.4, 0.5) is 0 Å². The van der Waals surface area contributed by atoms with Gasteiger partial charge in [-0.2, -0.15) is 0 Å². The van der Waals surface area contributed by atoms with Gasteiger partial charge >= 0.3 is 5.97 Å². The first-order chi connectivity index (χ1) is 11.0. The molecule has 0 spiro atoms. The van der Waals surface area contributed by atoms with Crippen LogP contribution < -0.4 is 4.74 Å². The number of hydrogen-bond donors (Lipinski definition) is 0. The summed E-state index contributed by atoms with van der Waals surface area (Å²) in [6, 6.07) is 7.80. The summed E-state index contributed by atoms with van der Waals surface area (Å²) in [6.45, 7) is 5.31. The van der Waals surface area contributed by atoms with Crippen molar-refractivity contribution in [2.24, 2.45) is 5.92 Å². The van der Waals surface area contributed by atoms with Crippen molar-refractivity contribution in [3.05, 3.63) is 29.8 Å². The van der Waals surface area contributed by atoms with Gasteiger partial charge in [0.25, 0.3) is 5.91 Å².